The molecule has 0 radical (unpaired) electrons. The third-order valence-corrected chi connectivity index (χ3v) is 5.52. The lowest BCUT2D eigenvalue weighted by Crippen LogP contribution is -2.45. The SMILES string of the molecule is CCNC(=NCCNC(=O)C1CC1)NC1CCN(C(=O)C2CCCC2)C1.I. The molecule has 0 aromatic heterocycles. The zero-order valence-electron chi connectivity index (χ0n) is 16.3. The minimum atomic E-state index is 0. The molecule has 3 fully saturated rings. The van der Waals surface area contributed by atoms with Crippen molar-refractivity contribution in [1.82, 2.24) is 20.9 Å². The highest BCUT2D eigenvalue weighted by molar-refractivity contribution is 14.0. The Bertz CT molecular complexity index is 532. The van der Waals surface area contributed by atoms with Crippen molar-refractivity contribution in [3.05, 3.63) is 0 Å². The summed E-state index contributed by atoms with van der Waals surface area (Å²) in [6.45, 7) is 5.56. The number of hydrogen-bond donors (Lipinski definition) is 3. The lowest BCUT2D eigenvalue weighted by Gasteiger charge is -2.21. The quantitative estimate of drug-likeness (QED) is 0.218. The van der Waals surface area contributed by atoms with Crippen molar-refractivity contribution in [3.63, 3.8) is 0 Å². The van der Waals surface area contributed by atoms with Gasteiger partial charge in [-0.25, -0.2) is 0 Å². The van der Waals surface area contributed by atoms with Crippen molar-refractivity contribution in [3.8, 4) is 0 Å². The van der Waals surface area contributed by atoms with Gasteiger partial charge >= 0.3 is 0 Å². The number of hydrogen-bond acceptors (Lipinski definition) is 3. The number of nitrogens with zero attached hydrogens (tertiary/aromatic N) is 2. The van der Waals surface area contributed by atoms with Crippen LogP contribution in [0, 0.1) is 11.8 Å². The number of carbonyl (C=O) groups is 2. The summed E-state index contributed by atoms with van der Waals surface area (Å²) in [5, 5.41) is 9.64. The Labute approximate surface area is 179 Å². The minimum absolute atomic E-state index is 0. The Balaban J connectivity index is 0.00000261. The van der Waals surface area contributed by atoms with Gasteiger partial charge in [-0.1, -0.05) is 12.8 Å². The van der Waals surface area contributed by atoms with Crippen LogP contribution in [0.5, 0.6) is 0 Å². The molecule has 2 saturated carbocycles. The number of likely N-dealkylation sites (tertiary alicyclic amines) is 1. The molecular weight excluding hydrogens is 457 g/mol. The van der Waals surface area contributed by atoms with Gasteiger partial charge in [0.05, 0.1) is 6.54 Å². The molecule has 154 valence electrons. The molecule has 2 aliphatic carbocycles. The first-order valence-electron chi connectivity index (χ1n) is 10.3. The first kappa shape index (κ1) is 22.2. The van der Waals surface area contributed by atoms with Crippen molar-refractivity contribution >= 4 is 41.8 Å². The van der Waals surface area contributed by atoms with E-state index in [2.05, 4.69) is 20.9 Å². The maximum absolute atomic E-state index is 12.6. The average Bonchev–Trinajstić information content (AvgIpc) is 3.15. The molecule has 1 unspecified atom stereocenters. The molecule has 1 heterocycles. The fourth-order valence-electron chi connectivity index (χ4n) is 3.86. The van der Waals surface area contributed by atoms with Crippen LogP contribution >= 0.6 is 24.0 Å². The van der Waals surface area contributed by atoms with Gasteiger partial charge in [-0.05, 0) is 39.0 Å². The molecule has 27 heavy (non-hydrogen) atoms. The van der Waals surface area contributed by atoms with Crippen LogP contribution in [0.25, 0.3) is 0 Å². The van der Waals surface area contributed by atoms with Crippen LogP contribution in [0.15, 0.2) is 4.99 Å². The monoisotopic (exact) mass is 491 g/mol. The third-order valence-electron chi connectivity index (χ3n) is 5.52. The molecule has 2 amide bonds. The summed E-state index contributed by atoms with van der Waals surface area (Å²) in [7, 11) is 0. The van der Waals surface area contributed by atoms with Crippen LogP contribution in [0.2, 0.25) is 0 Å². The number of halogens is 1. The molecule has 1 atom stereocenters. The van der Waals surface area contributed by atoms with Gasteiger partial charge < -0.3 is 20.9 Å². The maximum atomic E-state index is 12.6. The molecule has 3 rings (SSSR count). The zero-order valence-corrected chi connectivity index (χ0v) is 18.7. The Hall–Kier alpha value is -1.06. The fraction of sp³-hybridized carbons (Fsp3) is 0.842. The van der Waals surface area contributed by atoms with Gasteiger partial charge in [0, 0.05) is 44.1 Å². The standard InChI is InChI=1S/C19H33N5O2.HI/c1-2-20-19(22-11-10-21-17(25)14-7-8-14)23-16-9-12-24(13-16)18(26)15-5-3-4-6-15;/h14-16H,2-13H2,1H3,(H,21,25)(H2,20,22,23);1H. The van der Waals surface area contributed by atoms with Gasteiger partial charge in [0.1, 0.15) is 0 Å². The highest BCUT2D eigenvalue weighted by Gasteiger charge is 2.32. The van der Waals surface area contributed by atoms with Crippen molar-refractivity contribution in [2.75, 3.05) is 32.7 Å². The van der Waals surface area contributed by atoms with Crippen LogP contribution < -0.4 is 16.0 Å². The van der Waals surface area contributed by atoms with E-state index in [-0.39, 0.29) is 47.8 Å². The van der Waals surface area contributed by atoms with Gasteiger partial charge in [-0.2, -0.15) is 0 Å². The summed E-state index contributed by atoms with van der Waals surface area (Å²) >= 11 is 0. The van der Waals surface area contributed by atoms with E-state index in [9.17, 15) is 9.59 Å². The van der Waals surface area contributed by atoms with Crippen LogP contribution in [-0.2, 0) is 9.59 Å². The number of amides is 2. The molecule has 3 N–H and O–H groups in total. The van der Waals surface area contributed by atoms with Crippen molar-refractivity contribution < 1.29 is 9.59 Å². The van der Waals surface area contributed by atoms with E-state index < -0.39 is 0 Å². The highest BCUT2D eigenvalue weighted by atomic mass is 127. The van der Waals surface area contributed by atoms with E-state index in [1.54, 1.807) is 0 Å². The second-order valence-corrected chi connectivity index (χ2v) is 7.72. The second kappa shape index (κ2) is 11.1. The highest BCUT2D eigenvalue weighted by Crippen LogP contribution is 2.29. The average molecular weight is 491 g/mol. The van der Waals surface area contributed by atoms with Gasteiger partial charge in [0.2, 0.25) is 11.8 Å². The second-order valence-electron chi connectivity index (χ2n) is 7.72. The zero-order chi connectivity index (χ0) is 18.4. The Morgan fingerprint density at radius 2 is 1.78 bits per heavy atom. The Morgan fingerprint density at radius 1 is 1.04 bits per heavy atom. The van der Waals surface area contributed by atoms with Crippen molar-refractivity contribution in [1.29, 1.82) is 0 Å². The molecule has 8 heteroatoms. The molecule has 0 bridgehead atoms. The van der Waals surface area contributed by atoms with Gasteiger partial charge in [0.15, 0.2) is 5.96 Å². The van der Waals surface area contributed by atoms with E-state index in [1.165, 1.54) is 12.8 Å². The number of aliphatic imine (C=N–C) groups is 1. The molecular formula is C19H34IN5O2. The summed E-state index contributed by atoms with van der Waals surface area (Å²) in [6, 6.07) is 0.249. The molecule has 0 aromatic rings. The van der Waals surface area contributed by atoms with Crippen molar-refractivity contribution in [2.45, 2.75) is 57.9 Å². The maximum Gasteiger partial charge on any atom is 0.225 e. The Kier molecular flexibility index (Phi) is 9.11. The van der Waals surface area contributed by atoms with Crippen LogP contribution in [0.3, 0.4) is 0 Å². The van der Waals surface area contributed by atoms with E-state index in [4.69, 9.17) is 0 Å². The van der Waals surface area contributed by atoms with E-state index in [0.717, 1.165) is 57.7 Å². The summed E-state index contributed by atoms with van der Waals surface area (Å²) < 4.78 is 0. The predicted molar refractivity (Wildman–Crippen MR) is 117 cm³/mol. The van der Waals surface area contributed by atoms with E-state index in [1.807, 2.05) is 11.8 Å². The first-order valence-corrected chi connectivity index (χ1v) is 10.3. The van der Waals surface area contributed by atoms with Crippen LogP contribution in [0.1, 0.15) is 51.9 Å². The number of nitrogens with one attached hydrogen (secondary N) is 3. The van der Waals surface area contributed by atoms with Crippen LogP contribution in [-0.4, -0.2) is 61.4 Å². The summed E-state index contributed by atoms with van der Waals surface area (Å²) in [5.41, 5.74) is 0. The Morgan fingerprint density at radius 3 is 2.44 bits per heavy atom. The largest absolute Gasteiger partial charge is 0.357 e. The van der Waals surface area contributed by atoms with Gasteiger partial charge in [0.25, 0.3) is 0 Å². The summed E-state index contributed by atoms with van der Waals surface area (Å²) in [6.07, 6.45) is 7.52. The predicted octanol–water partition coefficient (Wildman–Crippen LogP) is 1.48. The fourth-order valence-corrected chi connectivity index (χ4v) is 3.86. The number of carbonyl (C=O) groups excluding carboxylic acids is 2. The lowest BCUT2D eigenvalue weighted by atomic mass is 10.1. The normalized spacial score (nSPS) is 23.1. The smallest absolute Gasteiger partial charge is 0.225 e. The molecule has 7 nitrogen and oxygen atoms in total. The summed E-state index contributed by atoms with van der Waals surface area (Å²) in [4.78, 5) is 30.8. The molecule has 3 aliphatic rings. The van der Waals surface area contributed by atoms with Crippen molar-refractivity contribution in [2.24, 2.45) is 16.8 Å². The third kappa shape index (κ3) is 6.80. The summed E-state index contributed by atoms with van der Waals surface area (Å²) in [5.74, 6) is 1.78. The minimum Gasteiger partial charge on any atom is -0.357 e. The van der Waals surface area contributed by atoms with Gasteiger partial charge in [-0.15, -0.1) is 24.0 Å². The number of guanidine groups is 1. The van der Waals surface area contributed by atoms with Crippen LogP contribution in [0.4, 0.5) is 0 Å². The van der Waals surface area contributed by atoms with E-state index >= 15 is 0 Å². The number of rotatable bonds is 7. The van der Waals surface area contributed by atoms with E-state index in [0.29, 0.717) is 19.0 Å². The topological polar surface area (TPSA) is 85.8 Å². The first-order chi connectivity index (χ1) is 12.7. The van der Waals surface area contributed by atoms with Gasteiger partial charge in [-0.3, -0.25) is 14.6 Å². The molecule has 0 aromatic carbocycles. The molecule has 1 saturated heterocycles. The molecule has 0 spiro atoms. The lowest BCUT2D eigenvalue weighted by molar-refractivity contribution is -0.134. The molecule has 1 aliphatic heterocycles.